The van der Waals surface area contributed by atoms with Crippen LogP contribution >= 0.6 is 11.3 Å². The van der Waals surface area contributed by atoms with Crippen molar-refractivity contribution in [3.8, 4) is 5.75 Å². The zero-order chi connectivity index (χ0) is 17.0. The van der Waals surface area contributed by atoms with E-state index >= 15 is 0 Å². The topological polar surface area (TPSA) is 45.6 Å². The summed E-state index contributed by atoms with van der Waals surface area (Å²) in [6, 6.07) is 6.10. The third-order valence-electron chi connectivity index (χ3n) is 4.84. The van der Waals surface area contributed by atoms with E-state index in [2.05, 4.69) is 29.8 Å². The van der Waals surface area contributed by atoms with Gasteiger partial charge in [-0.25, -0.2) is 4.98 Å². The Labute approximate surface area is 148 Å². The van der Waals surface area contributed by atoms with Gasteiger partial charge in [-0.1, -0.05) is 6.07 Å². The molecule has 1 aromatic heterocycles. The number of benzene rings is 1. The van der Waals surface area contributed by atoms with Gasteiger partial charge >= 0.3 is 0 Å². The summed E-state index contributed by atoms with van der Waals surface area (Å²) in [7, 11) is 0. The summed E-state index contributed by atoms with van der Waals surface area (Å²) >= 11 is 1.69. The maximum atomic E-state index is 10.9. The minimum Gasteiger partial charge on any atom is -0.491 e. The maximum Gasteiger partial charge on any atom is 0.119 e. The number of hydrogen-bond acceptors (Lipinski definition) is 5. The van der Waals surface area contributed by atoms with Crippen LogP contribution in [0.2, 0.25) is 0 Å². The van der Waals surface area contributed by atoms with Crippen LogP contribution in [0.15, 0.2) is 29.8 Å². The molecule has 5 heteroatoms. The molecule has 130 valence electrons. The van der Waals surface area contributed by atoms with Gasteiger partial charge in [0, 0.05) is 18.1 Å². The molecule has 2 aromatic rings. The first-order valence-corrected chi connectivity index (χ1v) is 9.45. The fourth-order valence-corrected chi connectivity index (χ4v) is 3.74. The molecule has 0 radical (unpaired) electrons. The molecule has 0 aliphatic carbocycles. The summed E-state index contributed by atoms with van der Waals surface area (Å²) in [4.78, 5) is 6.74. The van der Waals surface area contributed by atoms with Crippen LogP contribution in [-0.4, -0.2) is 40.3 Å². The van der Waals surface area contributed by atoms with Crippen LogP contribution in [0.25, 0.3) is 0 Å². The van der Waals surface area contributed by atoms with Crippen molar-refractivity contribution in [2.24, 2.45) is 0 Å². The van der Waals surface area contributed by atoms with Gasteiger partial charge in [0.1, 0.15) is 17.4 Å². The molecule has 1 atom stereocenters. The number of aryl methyl sites for hydroxylation is 2. The van der Waals surface area contributed by atoms with Crippen molar-refractivity contribution in [1.82, 2.24) is 9.88 Å². The third-order valence-corrected chi connectivity index (χ3v) is 5.60. The number of nitrogens with zero attached hydrogens (tertiary/aromatic N) is 2. The molecule has 1 N–H and O–H groups in total. The van der Waals surface area contributed by atoms with E-state index in [1.807, 2.05) is 23.7 Å². The highest BCUT2D eigenvalue weighted by molar-refractivity contribution is 7.09. The largest absolute Gasteiger partial charge is 0.491 e. The molecule has 0 spiro atoms. The van der Waals surface area contributed by atoms with Crippen molar-refractivity contribution in [2.75, 3.05) is 19.7 Å². The van der Waals surface area contributed by atoms with E-state index in [1.54, 1.807) is 11.3 Å². The monoisotopic (exact) mass is 346 g/mol. The van der Waals surface area contributed by atoms with E-state index in [9.17, 15) is 5.11 Å². The normalized spacial score (nSPS) is 22.3. The molecule has 1 fully saturated rings. The van der Waals surface area contributed by atoms with Gasteiger partial charge in [-0.3, -0.25) is 4.90 Å². The number of ether oxygens (including phenoxy) is 1. The lowest BCUT2D eigenvalue weighted by Crippen LogP contribution is -2.37. The second-order valence-corrected chi connectivity index (χ2v) is 7.79. The molecule has 4 nitrogen and oxygen atoms in total. The second-order valence-electron chi connectivity index (χ2n) is 6.81. The predicted molar refractivity (Wildman–Crippen MR) is 97.6 cm³/mol. The zero-order valence-corrected chi connectivity index (χ0v) is 15.3. The molecular weight excluding hydrogens is 320 g/mol. The van der Waals surface area contributed by atoms with Crippen molar-refractivity contribution in [2.45, 2.75) is 45.3 Å². The number of aromatic nitrogens is 1. The quantitative estimate of drug-likeness (QED) is 0.899. The van der Waals surface area contributed by atoms with Crippen LogP contribution in [0.1, 0.15) is 35.4 Å². The summed E-state index contributed by atoms with van der Waals surface area (Å²) in [6.45, 7) is 7.30. The van der Waals surface area contributed by atoms with Gasteiger partial charge in [-0.05, 0) is 62.9 Å². The van der Waals surface area contributed by atoms with Crippen LogP contribution in [0, 0.1) is 13.8 Å². The molecule has 1 aliphatic rings. The summed E-state index contributed by atoms with van der Waals surface area (Å²) in [5.41, 5.74) is 1.74. The van der Waals surface area contributed by atoms with Gasteiger partial charge in [0.15, 0.2) is 0 Å². The van der Waals surface area contributed by atoms with Crippen LogP contribution < -0.4 is 4.74 Å². The maximum absolute atomic E-state index is 10.9. The van der Waals surface area contributed by atoms with E-state index in [1.165, 1.54) is 11.1 Å². The molecule has 1 aromatic carbocycles. The Kier molecular flexibility index (Phi) is 5.54. The van der Waals surface area contributed by atoms with Gasteiger partial charge in [-0.15, -0.1) is 11.3 Å². The molecular formula is C19H26N2O2S. The fourth-order valence-electron chi connectivity index (χ4n) is 3.08. The molecule has 1 saturated heterocycles. The first kappa shape index (κ1) is 17.4. The van der Waals surface area contributed by atoms with Gasteiger partial charge < -0.3 is 9.84 Å². The van der Waals surface area contributed by atoms with Crippen LogP contribution in [0.5, 0.6) is 5.75 Å². The molecule has 3 rings (SSSR count). The Morgan fingerprint density at radius 2 is 2.12 bits per heavy atom. The first-order valence-electron chi connectivity index (χ1n) is 8.57. The van der Waals surface area contributed by atoms with Crippen LogP contribution in [0.3, 0.4) is 0 Å². The van der Waals surface area contributed by atoms with Crippen molar-refractivity contribution >= 4 is 11.3 Å². The summed E-state index contributed by atoms with van der Waals surface area (Å²) < 4.78 is 5.90. The van der Waals surface area contributed by atoms with Crippen LogP contribution in [0.4, 0.5) is 0 Å². The number of thiazole rings is 1. The standard InChI is InChI=1S/C19H26N2O2S/c1-15-4-5-17(12-16(15)2)23-14-19(22)6-3-9-21(10-7-19)13-18-20-8-11-24-18/h4-5,8,11-12,22H,3,6-7,9-10,13-14H2,1-2H3. The van der Waals surface area contributed by atoms with Gasteiger partial charge in [0.25, 0.3) is 0 Å². The lowest BCUT2D eigenvalue weighted by Gasteiger charge is -2.27. The Morgan fingerprint density at radius 3 is 2.88 bits per heavy atom. The van der Waals surface area contributed by atoms with E-state index in [4.69, 9.17) is 4.74 Å². The average molecular weight is 346 g/mol. The van der Waals surface area contributed by atoms with Crippen molar-refractivity contribution in [1.29, 1.82) is 0 Å². The molecule has 0 saturated carbocycles. The minimum absolute atomic E-state index is 0.362. The molecule has 0 amide bonds. The predicted octanol–water partition coefficient (Wildman–Crippen LogP) is 3.56. The Balaban J connectivity index is 1.54. The summed E-state index contributed by atoms with van der Waals surface area (Å²) in [5.74, 6) is 0.843. The van der Waals surface area contributed by atoms with E-state index in [0.717, 1.165) is 49.7 Å². The fraction of sp³-hybridized carbons (Fsp3) is 0.526. The Bertz CT molecular complexity index is 659. The van der Waals surface area contributed by atoms with E-state index in [-0.39, 0.29) is 0 Å². The second kappa shape index (κ2) is 7.64. The molecule has 1 unspecified atom stereocenters. The van der Waals surface area contributed by atoms with Gasteiger partial charge in [0.05, 0.1) is 12.1 Å². The lowest BCUT2D eigenvalue weighted by atomic mass is 9.96. The lowest BCUT2D eigenvalue weighted by molar-refractivity contribution is -0.0168. The molecule has 0 bridgehead atoms. The molecule has 1 aliphatic heterocycles. The van der Waals surface area contributed by atoms with E-state index < -0.39 is 5.60 Å². The van der Waals surface area contributed by atoms with Gasteiger partial charge in [0.2, 0.25) is 0 Å². The highest BCUT2D eigenvalue weighted by Crippen LogP contribution is 2.25. The zero-order valence-electron chi connectivity index (χ0n) is 14.5. The first-order chi connectivity index (χ1) is 11.5. The van der Waals surface area contributed by atoms with E-state index in [0.29, 0.717) is 6.61 Å². The smallest absolute Gasteiger partial charge is 0.119 e. The number of hydrogen-bond donors (Lipinski definition) is 1. The highest BCUT2D eigenvalue weighted by Gasteiger charge is 2.31. The number of likely N-dealkylation sites (tertiary alicyclic amines) is 1. The average Bonchev–Trinajstić information content (AvgIpc) is 3.00. The van der Waals surface area contributed by atoms with Crippen molar-refractivity contribution in [3.05, 3.63) is 45.9 Å². The SMILES string of the molecule is Cc1ccc(OCC2(O)CCCN(Cc3nccs3)CC2)cc1C. The van der Waals surface area contributed by atoms with Crippen LogP contribution in [-0.2, 0) is 6.54 Å². The highest BCUT2D eigenvalue weighted by atomic mass is 32.1. The molecule has 2 heterocycles. The minimum atomic E-state index is -0.740. The Hall–Kier alpha value is -1.43. The van der Waals surface area contributed by atoms with Crippen molar-refractivity contribution < 1.29 is 9.84 Å². The third kappa shape index (κ3) is 4.56. The summed E-state index contributed by atoms with van der Waals surface area (Å²) in [5, 5.41) is 14.1. The van der Waals surface area contributed by atoms with Gasteiger partial charge in [-0.2, -0.15) is 0 Å². The number of aliphatic hydroxyl groups is 1. The van der Waals surface area contributed by atoms with Crippen molar-refractivity contribution in [3.63, 3.8) is 0 Å². The molecule has 24 heavy (non-hydrogen) atoms. The number of rotatable bonds is 5. The Morgan fingerprint density at radius 1 is 1.25 bits per heavy atom. The summed E-state index contributed by atoms with van der Waals surface area (Å²) in [6.07, 6.45) is 4.36.